The molecule has 4 nitrogen and oxygen atoms in total. The van der Waals surface area contributed by atoms with Crippen LogP contribution in [-0.2, 0) is 6.42 Å². The zero-order valence-corrected chi connectivity index (χ0v) is 13.5. The Labute approximate surface area is 128 Å². The number of benzene rings is 1. The Morgan fingerprint density at radius 1 is 1.24 bits per heavy atom. The number of rotatable bonds is 5. The van der Waals surface area contributed by atoms with Crippen molar-refractivity contribution in [1.82, 2.24) is 20.1 Å². The SMILES string of the molecule is CCNCCc1c(C)nn(-c2nc3ccccc3s2)c1C. The lowest BCUT2D eigenvalue weighted by atomic mass is 10.1. The molecule has 0 atom stereocenters. The van der Waals surface area contributed by atoms with E-state index in [1.807, 2.05) is 22.9 Å². The summed E-state index contributed by atoms with van der Waals surface area (Å²) in [5.74, 6) is 0. The van der Waals surface area contributed by atoms with Gasteiger partial charge in [-0.3, -0.25) is 0 Å². The number of para-hydroxylation sites is 1. The maximum Gasteiger partial charge on any atom is 0.211 e. The molecule has 1 aromatic carbocycles. The first-order valence-corrected chi connectivity index (χ1v) is 8.14. The second-order valence-corrected chi connectivity index (χ2v) is 6.14. The summed E-state index contributed by atoms with van der Waals surface area (Å²) >= 11 is 1.69. The molecule has 0 spiro atoms. The second kappa shape index (κ2) is 5.95. The van der Waals surface area contributed by atoms with E-state index in [2.05, 4.69) is 32.2 Å². The Bertz CT molecular complexity index is 724. The van der Waals surface area contributed by atoms with Gasteiger partial charge >= 0.3 is 0 Å². The van der Waals surface area contributed by atoms with Gasteiger partial charge in [-0.05, 0) is 51.1 Å². The van der Waals surface area contributed by atoms with Crippen LogP contribution in [-0.4, -0.2) is 27.9 Å². The normalized spacial score (nSPS) is 11.4. The summed E-state index contributed by atoms with van der Waals surface area (Å²) in [5.41, 5.74) is 4.67. The van der Waals surface area contributed by atoms with E-state index in [-0.39, 0.29) is 0 Å². The summed E-state index contributed by atoms with van der Waals surface area (Å²) in [6.07, 6.45) is 1.01. The molecule has 0 saturated carbocycles. The molecule has 2 heterocycles. The number of hydrogen-bond acceptors (Lipinski definition) is 4. The average molecular weight is 300 g/mol. The number of likely N-dealkylation sites (N-methyl/N-ethyl adjacent to an activating group) is 1. The van der Waals surface area contributed by atoms with Gasteiger partial charge in [0.15, 0.2) is 0 Å². The van der Waals surface area contributed by atoms with Crippen molar-refractivity contribution in [2.24, 2.45) is 0 Å². The molecule has 110 valence electrons. The van der Waals surface area contributed by atoms with Crippen molar-refractivity contribution in [2.75, 3.05) is 13.1 Å². The molecule has 0 radical (unpaired) electrons. The topological polar surface area (TPSA) is 42.7 Å². The fourth-order valence-corrected chi connectivity index (χ4v) is 3.53. The van der Waals surface area contributed by atoms with Gasteiger partial charge in [-0.2, -0.15) is 5.10 Å². The van der Waals surface area contributed by atoms with Gasteiger partial charge in [-0.1, -0.05) is 30.4 Å². The minimum Gasteiger partial charge on any atom is -0.317 e. The van der Waals surface area contributed by atoms with E-state index in [0.29, 0.717) is 0 Å². The van der Waals surface area contributed by atoms with Crippen molar-refractivity contribution in [2.45, 2.75) is 27.2 Å². The highest BCUT2D eigenvalue weighted by Crippen LogP contribution is 2.26. The minimum atomic E-state index is 0.950. The highest BCUT2D eigenvalue weighted by molar-refractivity contribution is 7.20. The van der Waals surface area contributed by atoms with Crippen LogP contribution in [0.25, 0.3) is 15.3 Å². The summed E-state index contributed by atoms with van der Waals surface area (Å²) < 4.78 is 3.19. The number of aromatic nitrogens is 3. The third-order valence-electron chi connectivity index (χ3n) is 3.71. The number of nitrogens with zero attached hydrogens (tertiary/aromatic N) is 3. The standard InChI is InChI=1S/C16H20N4S/c1-4-17-10-9-13-11(2)19-20(12(13)3)16-18-14-7-5-6-8-15(14)21-16/h5-8,17H,4,9-10H2,1-3H3. The first kappa shape index (κ1) is 14.2. The number of hydrogen-bond donors (Lipinski definition) is 1. The van der Waals surface area contributed by atoms with Crippen molar-refractivity contribution in [3.63, 3.8) is 0 Å². The van der Waals surface area contributed by atoms with E-state index in [1.54, 1.807) is 11.3 Å². The third kappa shape index (κ3) is 2.71. The molecule has 0 aliphatic heterocycles. The van der Waals surface area contributed by atoms with Gasteiger partial charge in [-0.25, -0.2) is 9.67 Å². The van der Waals surface area contributed by atoms with E-state index in [0.717, 1.165) is 35.9 Å². The van der Waals surface area contributed by atoms with Crippen LogP contribution in [0, 0.1) is 13.8 Å². The molecule has 0 saturated heterocycles. The van der Waals surface area contributed by atoms with E-state index in [9.17, 15) is 0 Å². The molecule has 0 aliphatic carbocycles. The molecule has 1 N–H and O–H groups in total. The zero-order chi connectivity index (χ0) is 14.8. The van der Waals surface area contributed by atoms with Crippen molar-refractivity contribution >= 4 is 21.6 Å². The molecule has 2 aromatic heterocycles. The average Bonchev–Trinajstić information content (AvgIpc) is 3.02. The predicted octanol–water partition coefficient (Wildman–Crippen LogP) is 3.25. The molecule has 0 aliphatic rings. The van der Waals surface area contributed by atoms with Gasteiger partial charge in [0, 0.05) is 5.69 Å². The Morgan fingerprint density at radius 2 is 2.05 bits per heavy atom. The van der Waals surface area contributed by atoms with E-state index in [1.165, 1.54) is 16.0 Å². The predicted molar refractivity (Wildman–Crippen MR) is 88.5 cm³/mol. The van der Waals surface area contributed by atoms with Crippen LogP contribution < -0.4 is 5.32 Å². The van der Waals surface area contributed by atoms with Crippen LogP contribution in [0.2, 0.25) is 0 Å². The molecule has 3 aromatic rings. The maximum atomic E-state index is 4.70. The van der Waals surface area contributed by atoms with Gasteiger partial charge in [0.2, 0.25) is 5.13 Å². The first-order valence-electron chi connectivity index (χ1n) is 7.32. The molecular weight excluding hydrogens is 280 g/mol. The van der Waals surface area contributed by atoms with Crippen LogP contribution in [0.5, 0.6) is 0 Å². The second-order valence-electron chi connectivity index (χ2n) is 5.13. The first-order chi connectivity index (χ1) is 10.2. The number of fused-ring (bicyclic) bond motifs is 1. The van der Waals surface area contributed by atoms with Gasteiger partial charge < -0.3 is 5.32 Å². The van der Waals surface area contributed by atoms with E-state index >= 15 is 0 Å². The van der Waals surface area contributed by atoms with Crippen molar-refractivity contribution < 1.29 is 0 Å². The van der Waals surface area contributed by atoms with Crippen LogP contribution in [0.1, 0.15) is 23.9 Å². The highest BCUT2D eigenvalue weighted by Gasteiger charge is 2.15. The van der Waals surface area contributed by atoms with Gasteiger partial charge in [0.25, 0.3) is 0 Å². The number of thiazole rings is 1. The van der Waals surface area contributed by atoms with Crippen molar-refractivity contribution in [1.29, 1.82) is 0 Å². The van der Waals surface area contributed by atoms with Crippen LogP contribution in [0.3, 0.4) is 0 Å². The van der Waals surface area contributed by atoms with Crippen molar-refractivity contribution in [3.8, 4) is 5.13 Å². The Morgan fingerprint density at radius 3 is 2.81 bits per heavy atom. The fraction of sp³-hybridized carbons (Fsp3) is 0.375. The number of aryl methyl sites for hydroxylation is 1. The van der Waals surface area contributed by atoms with Gasteiger partial charge in [0.1, 0.15) is 0 Å². The summed E-state index contributed by atoms with van der Waals surface area (Å²) in [6, 6.07) is 8.23. The molecule has 5 heteroatoms. The highest BCUT2D eigenvalue weighted by atomic mass is 32.1. The fourth-order valence-electron chi connectivity index (χ4n) is 2.56. The molecule has 21 heavy (non-hydrogen) atoms. The smallest absolute Gasteiger partial charge is 0.211 e. The summed E-state index contributed by atoms with van der Waals surface area (Å²) in [5, 5.41) is 9.01. The molecule has 3 rings (SSSR count). The zero-order valence-electron chi connectivity index (χ0n) is 12.7. The van der Waals surface area contributed by atoms with E-state index < -0.39 is 0 Å². The summed E-state index contributed by atoms with van der Waals surface area (Å²) in [6.45, 7) is 8.34. The van der Waals surface area contributed by atoms with Crippen LogP contribution in [0.15, 0.2) is 24.3 Å². The molecule has 0 bridgehead atoms. The Balaban J connectivity index is 1.96. The van der Waals surface area contributed by atoms with Gasteiger partial charge in [0.05, 0.1) is 15.9 Å². The number of nitrogens with one attached hydrogen (secondary N) is 1. The van der Waals surface area contributed by atoms with Crippen molar-refractivity contribution in [3.05, 3.63) is 41.2 Å². The molecule has 0 fully saturated rings. The van der Waals surface area contributed by atoms with Gasteiger partial charge in [-0.15, -0.1) is 0 Å². The summed E-state index contributed by atoms with van der Waals surface area (Å²) in [4.78, 5) is 4.70. The lowest BCUT2D eigenvalue weighted by molar-refractivity contribution is 0.712. The molecule has 0 amide bonds. The molecule has 0 unspecified atom stereocenters. The minimum absolute atomic E-state index is 0.950. The van der Waals surface area contributed by atoms with Crippen LogP contribution in [0.4, 0.5) is 0 Å². The third-order valence-corrected chi connectivity index (χ3v) is 4.72. The quantitative estimate of drug-likeness (QED) is 0.736. The largest absolute Gasteiger partial charge is 0.317 e. The van der Waals surface area contributed by atoms with Crippen LogP contribution >= 0.6 is 11.3 Å². The summed E-state index contributed by atoms with van der Waals surface area (Å²) in [7, 11) is 0. The molecular formula is C16H20N4S. The monoisotopic (exact) mass is 300 g/mol. The Hall–Kier alpha value is -1.72. The lowest BCUT2D eigenvalue weighted by Crippen LogP contribution is -2.16. The van der Waals surface area contributed by atoms with E-state index in [4.69, 9.17) is 10.1 Å². The Kier molecular flexibility index (Phi) is 4.03. The lowest BCUT2D eigenvalue weighted by Gasteiger charge is -2.03. The maximum absolute atomic E-state index is 4.70.